The van der Waals surface area contributed by atoms with Gasteiger partial charge in [-0.1, -0.05) is 23.7 Å². The van der Waals surface area contributed by atoms with Gasteiger partial charge in [-0.15, -0.1) is 0 Å². The van der Waals surface area contributed by atoms with Crippen molar-refractivity contribution < 1.29 is 9.90 Å². The first-order valence-electron chi connectivity index (χ1n) is 4.56. The van der Waals surface area contributed by atoms with Crippen LogP contribution < -0.4 is 0 Å². The summed E-state index contributed by atoms with van der Waals surface area (Å²) in [5, 5.41) is 9.85. The van der Waals surface area contributed by atoms with Gasteiger partial charge in [-0.05, 0) is 38.7 Å². The van der Waals surface area contributed by atoms with Crippen LogP contribution in [0.1, 0.15) is 12.5 Å². The third kappa shape index (κ3) is 2.13. The molecule has 3 nitrogen and oxygen atoms in total. The zero-order valence-corrected chi connectivity index (χ0v) is 9.75. The number of aliphatic carboxylic acids is 1. The number of rotatable bonds is 3. The minimum Gasteiger partial charge on any atom is -0.480 e. The maximum Gasteiger partial charge on any atom is 0.328 e. The van der Waals surface area contributed by atoms with E-state index in [1.807, 2.05) is 0 Å². The molecule has 0 aliphatic rings. The van der Waals surface area contributed by atoms with Crippen LogP contribution >= 0.6 is 11.6 Å². The normalized spacial score (nSPS) is 15.0. The first-order valence-corrected chi connectivity index (χ1v) is 4.93. The second-order valence-electron chi connectivity index (χ2n) is 3.78. The maximum atomic E-state index is 11.3. The van der Waals surface area contributed by atoms with Gasteiger partial charge >= 0.3 is 5.97 Å². The average molecular weight is 228 g/mol. The second kappa shape index (κ2) is 4.21. The fraction of sp³-hybridized carbons (Fsp3) is 0.364. The molecule has 15 heavy (non-hydrogen) atoms. The molecule has 1 atom stereocenters. The van der Waals surface area contributed by atoms with Gasteiger partial charge in [0.25, 0.3) is 0 Å². The smallest absolute Gasteiger partial charge is 0.328 e. The molecule has 0 amide bonds. The number of nitrogens with zero attached hydrogens (tertiary/aromatic N) is 1. The van der Waals surface area contributed by atoms with Crippen LogP contribution in [0.25, 0.3) is 0 Å². The van der Waals surface area contributed by atoms with Crippen LogP contribution in [0.2, 0.25) is 5.02 Å². The van der Waals surface area contributed by atoms with E-state index in [2.05, 4.69) is 0 Å². The largest absolute Gasteiger partial charge is 0.480 e. The Morgan fingerprint density at radius 1 is 1.33 bits per heavy atom. The molecule has 0 aromatic heterocycles. The molecule has 0 aliphatic heterocycles. The van der Waals surface area contributed by atoms with Crippen LogP contribution in [-0.2, 0) is 10.3 Å². The Morgan fingerprint density at radius 3 is 2.13 bits per heavy atom. The van der Waals surface area contributed by atoms with Gasteiger partial charge in [0.05, 0.1) is 0 Å². The van der Waals surface area contributed by atoms with Gasteiger partial charge < -0.3 is 5.11 Å². The average Bonchev–Trinajstić information content (AvgIpc) is 2.17. The van der Waals surface area contributed by atoms with Gasteiger partial charge in [-0.3, -0.25) is 4.90 Å². The number of likely N-dealkylation sites (N-methyl/N-ethyl adjacent to an activating group) is 1. The fourth-order valence-electron chi connectivity index (χ4n) is 1.35. The van der Waals surface area contributed by atoms with Crippen LogP contribution in [0.15, 0.2) is 24.3 Å². The number of hydrogen-bond donors (Lipinski definition) is 1. The summed E-state index contributed by atoms with van der Waals surface area (Å²) in [4.78, 5) is 12.9. The number of benzene rings is 1. The zero-order valence-electron chi connectivity index (χ0n) is 8.99. The molecule has 0 saturated heterocycles. The molecule has 1 aromatic carbocycles. The molecule has 0 radical (unpaired) electrons. The highest BCUT2D eigenvalue weighted by Gasteiger charge is 2.37. The van der Waals surface area contributed by atoms with Crippen molar-refractivity contribution in [2.45, 2.75) is 12.5 Å². The number of hydrogen-bond acceptors (Lipinski definition) is 2. The van der Waals surface area contributed by atoms with E-state index in [1.54, 1.807) is 50.2 Å². The van der Waals surface area contributed by atoms with E-state index >= 15 is 0 Å². The van der Waals surface area contributed by atoms with E-state index in [0.717, 1.165) is 0 Å². The van der Waals surface area contributed by atoms with Crippen molar-refractivity contribution in [3.05, 3.63) is 34.9 Å². The first-order chi connectivity index (χ1) is 6.89. The summed E-state index contributed by atoms with van der Waals surface area (Å²) in [6.07, 6.45) is 0. The monoisotopic (exact) mass is 227 g/mol. The summed E-state index contributed by atoms with van der Waals surface area (Å²) >= 11 is 5.76. The minimum absolute atomic E-state index is 0.602. The predicted molar refractivity (Wildman–Crippen MR) is 60.1 cm³/mol. The van der Waals surface area contributed by atoms with Gasteiger partial charge in [-0.25, -0.2) is 4.79 Å². The Bertz CT molecular complexity index is 361. The van der Waals surface area contributed by atoms with Crippen molar-refractivity contribution in [2.75, 3.05) is 14.1 Å². The van der Waals surface area contributed by atoms with Crippen molar-refractivity contribution >= 4 is 17.6 Å². The summed E-state index contributed by atoms with van der Waals surface area (Å²) in [6.45, 7) is 1.67. The molecular weight excluding hydrogens is 214 g/mol. The van der Waals surface area contributed by atoms with E-state index in [4.69, 9.17) is 11.6 Å². The van der Waals surface area contributed by atoms with Crippen LogP contribution in [0.5, 0.6) is 0 Å². The quantitative estimate of drug-likeness (QED) is 0.861. The molecule has 0 bridgehead atoms. The third-order valence-corrected chi connectivity index (χ3v) is 2.97. The summed E-state index contributed by atoms with van der Waals surface area (Å²) in [6, 6.07) is 6.86. The maximum absolute atomic E-state index is 11.3. The minimum atomic E-state index is -1.02. The lowest BCUT2D eigenvalue weighted by Gasteiger charge is -2.32. The lowest BCUT2D eigenvalue weighted by Crippen LogP contribution is -2.45. The number of carbonyl (C=O) groups is 1. The number of halogens is 1. The highest BCUT2D eigenvalue weighted by Crippen LogP contribution is 2.27. The topological polar surface area (TPSA) is 40.5 Å². The molecule has 0 spiro atoms. The highest BCUT2D eigenvalue weighted by molar-refractivity contribution is 6.30. The fourth-order valence-corrected chi connectivity index (χ4v) is 1.47. The van der Waals surface area contributed by atoms with E-state index < -0.39 is 11.5 Å². The van der Waals surface area contributed by atoms with Crippen LogP contribution in [0.4, 0.5) is 0 Å². The Labute approximate surface area is 94.3 Å². The Balaban J connectivity index is 3.22. The van der Waals surface area contributed by atoms with E-state index in [9.17, 15) is 9.90 Å². The second-order valence-corrected chi connectivity index (χ2v) is 4.22. The van der Waals surface area contributed by atoms with Crippen LogP contribution in [-0.4, -0.2) is 30.1 Å². The lowest BCUT2D eigenvalue weighted by molar-refractivity contribution is -0.149. The van der Waals surface area contributed by atoms with Gasteiger partial charge in [0.15, 0.2) is 0 Å². The first kappa shape index (κ1) is 12.0. The van der Waals surface area contributed by atoms with E-state index in [-0.39, 0.29) is 0 Å². The zero-order chi connectivity index (χ0) is 11.6. The van der Waals surface area contributed by atoms with Crippen LogP contribution in [0.3, 0.4) is 0 Å². The number of carboxylic acid groups (broad SMARTS) is 1. The summed E-state index contributed by atoms with van der Waals surface area (Å²) < 4.78 is 0. The molecule has 0 saturated carbocycles. The standard InChI is InChI=1S/C11H14ClNO2/c1-11(10(14)15,13(2)3)8-4-6-9(12)7-5-8/h4-7H,1-3H3,(H,14,15)/t11-/m0/s1. The molecule has 82 valence electrons. The Hall–Kier alpha value is -1.06. The van der Waals surface area contributed by atoms with Gasteiger partial charge in [0.1, 0.15) is 5.54 Å². The third-order valence-electron chi connectivity index (χ3n) is 2.72. The highest BCUT2D eigenvalue weighted by atomic mass is 35.5. The predicted octanol–water partition coefficient (Wildman–Crippen LogP) is 2.20. The molecule has 1 rings (SSSR count). The van der Waals surface area contributed by atoms with E-state index in [1.165, 1.54) is 0 Å². The van der Waals surface area contributed by atoms with Crippen molar-refractivity contribution in [1.82, 2.24) is 4.90 Å². The van der Waals surface area contributed by atoms with Gasteiger partial charge in [0.2, 0.25) is 0 Å². The van der Waals surface area contributed by atoms with E-state index in [0.29, 0.717) is 10.6 Å². The molecule has 4 heteroatoms. The molecule has 0 aliphatic carbocycles. The van der Waals surface area contributed by atoms with Crippen LogP contribution in [0, 0.1) is 0 Å². The van der Waals surface area contributed by atoms with Gasteiger partial charge in [0, 0.05) is 5.02 Å². The molecule has 0 fully saturated rings. The summed E-state index contributed by atoms with van der Waals surface area (Å²) in [5.74, 6) is -0.880. The molecule has 0 heterocycles. The number of carboxylic acids is 1. The Morgan fingerprint density at radius 2 is 1.80 bits per heavy atom. The summed E-state index contributed by atoms with van der Waals surface area (Å²) in [7, 11) is 3.48. The van der Waals surface area contributed by atoms with Crippen molar-refractivity contribution in [3.63, 3.8) is 0 Å². The molecular formula is C11H14ClNO2. The van der Waals surface area contributed by atoms with Crippen molar-refractivity contribution in [3.8, 4) is 0 Å². The summed E-state index contributed by atoms with van der Waals surface area (Å²) in [5.41, 5.74) is -0.311. The Kier molecular flexibility index (Phi) is 3.37. The van der Waals surface area contributed by atoms with Crippen molar-refractivity contribution in [2.24, 2.45) is 0 Å². The molecule has 1 N–H and O–H groups in total. The SMILES string of the molecule is CN(C)[C@](C)(C(=O)O)c1ccc(Cl)cc1. The van der Waals surface area contributed by atoms with Gasteiger partial charge in [-0.2, -0.15) is 0 Å². The molecule has 1 aromatic rings. The molecule has 0 unspecified atom stereocenters. The van der Waals surface area contributed by atoms with Crippen molar-refractivity contribution in [1.29, 1.82) is 0 Å². The lowest BCUT2D eigenvalue weighted by atomic mass is 9.91.